The first-order valence-corrected chi connectivity index (χ1v) is 6.73. The summed E-state index contributed by atoms with van der Waals surface area (Å²) in [5.41, 5.74) is 5.56. The SMILES string of the molecule is NCC1(CNC(=O)c2ccc3cc[nH]c3c2)NC(=O)NC1=O. The van der Waals surface area contributed by atoms with Gasteiger partial charge in [0, 0.05) is 23.8 Å². The van der Waals surface area contributed by atoms with Gasteiger partial charge in [0.05, 0.1) is 6.54 Å². The van der Waals surface area contributed by atoms with Crippen LogP contribution in [0.25, 0.3) is 10.9 Å². The molecule has 1 aliphatic heterocycles. The highest BCUT2D eigenvalue weighted by atomic mass is 16.2. The van der Waals surface area contributed by atoms with Crippen molar-refractivity contribution in [2.75, 3.05) is 13.1 Å². The van der Waals surface area contributed by atoms with E-state index in [0.717, 1.165) is 10.9 Å². The second kappa shape index (κ2) is 5.15. The number of fused-ring (bicyclic) bond motifs is 1. The van der Waals surface area contributed by atoms with Gasteiger partial charge in [-0.3, -0.25) is 14.9 Å². The molecule has 1 aromatic carbocycles. The molecular formula is C14H15N5O3. The Morgan fingerprint density at radius 1 is 1.27 bits per heavy atom. The fraction of sp³-hybridized carbons (Fsp3) is 0.214. The van der Waals surface area contributed by atoms with Crippen molar-refractivity contribution in [3.8, 4) is 0 Å². The smallest absolute Gasteiger partial charge is 0.322 e. The van der Waals surface area contributed by atoms with Crippen LogP contribution in [0, 0.1) is 0 Å². The molecule has 1 fully saturated rings. The summed E-state index contributed by atoms with van der Waals surface area (Å²) in [4.78, 5) is 38.3. The number of aromatic nitrogens is 1. The molecule has 0 bridgehead atoms. The van der Waals surface area contributed by atoms with E-state index >= 15 is 0 Å². The van der Waals surface area contributed by atoms with Crippen molar-refractivity contribution in [2.45, 2.75) is 5.54 Å². The number of aromatic amines is 1. The Hall–Kier alpha value is -2.87. The van der Waals surface area contributed by atoms with Gasteiger partial charge < -0.3 is 21.4 Å². The van der Waals surface area contributed by atoms with Crippen molar-refractivity contribution in [3.63, 3.8) is 0 Å². The Bertz CT molecular complexity index is 769. The van der Waals surface area contributed by atoms with Gasteiger partial charge >= 0.3 is 6.03 Å². The highest BCUT2D eigenvalue weighted by Crippen LogP contribution is 2.14. The van der Waals surface area contributed by atoms with Crippen LogP contribution in [0.5, 0.6) is 0 Å². The fourth-order valence-corrected chi connectivity index (χ4v) is 2.39. The van der Waals surface area contributed by atoms with Crippen LogP contribution in [0.15, 0.2) is 30.5 Å². The minimum absolute atomic E-state index is 0.0807. The lowest BCUT2D eigenvalue weighted by atomic mass is 10.00. The fourth-order valence-electron chi connectivity index (χ4n) is 2.39. The molecule has 0 saturated carbocycles. The maximum Gasteiger partial charge on any atom is 0.322 e. The van der Waals surface area contributed by atoms with E-state index in [4.69, 9.17) is 5.73 Å². The van der Waals surface area contributed by atoms with Crippen LogP contribution < -0.4 is 21.7 Å². The molecule has 1 saturated heterocycles. The van der Waals surface area contributed by atoms with Gasteiger partial charge in [-0.25, -0.2) is 4.79 Å². The minimum atomic E-state index is -1.30. The number of carbonyl (C=O) groups is 3. The number of nitrogens with two attached hydrogens (primary N) is 1. The van der Waals surface area contributed by atoms with Crippen molar-refractivity contribution in [1.29, 1.82) is 0 Å². The number of hydrogen-bond donors (Lipinski definition) is 5. The number of urea groups is 1. The number of nitrogens with one attached hydrogen (secondary N) is 4. The van der Waals surface area contributed by atoms with Gasteiger partial charge in [0.15, 0.2) is 5.54 Å². The van der Waals surface area contributed by atoms with Crippen molar-refractivity contribution in [3.05, 3.63) is 36.0 Å². The molecule has 0 spiro atoms. The van der Waals surface area contributed by atoms with Crippen LogP contribution in [-0.4, -0.2) is 41.5 Å². The Labute approximate surface area is 125 Å². The van der Waals surface area contributed by atoms with E-state index in [1.165, 1.54) is 0 Å². The van der Waals surface area contributed by atoms with Crippen LogP contribution in [0.2, 0.25) is 0 Å². The number of rotatable bonds is 4. The third kappa shape index (κ3) is 2.29. The van der Waals surface area contributed by atoms with E-state index in [1.807, 2.05) is 12.1 Å². The molecule has 114 valence electrons. The number of H-pyrrole nitrogens is 1. The van der Waals surface area contributed by atoms with Gasteiger partial charge in [0.25, 0.3) is 11.8 Å². The van der Waals surface area contributed by atoms with Gasteiger partial charge in [-0.2, -0.15) is 0 Å². The number of benzene rings is 1. The molecule has 1 aromatic heterocycles. The summed E-state index contributed by atoms with van der Waals surface area (Å²) in [5.74, 6) is -0.890. The van der Waals surface area contributed by atoms with Gasteiger partial charge in [0.2, 0.25) is 0 Å². The van der Waals surface area contributed by atoms with Crippen molar-refractivity contribution < 1.29 is 14.4 Å². The zero-order valence-electron chi connectivity index (χ0n) is 11.6. The molecule has 0 aliphatic carbocycles. The molecule has 3 rings (SSSR count). The van der Waals surface area contributed by atoms with E-state index in [9.17, 15) is 14.4 Å². The molecule has 1 aliphatic rings. The van der Waals surface area contributed by atoms with E-state index in [1.54, 1.807) is 18.3 Å². The Morgan fingerprint density at radius 2 is 2.09 bits per heavy atom. The lowest BCUT2D eigenvalue weighted by Gasteiger charge is -2.24. The second-order valence-corrected chi connectivity index (χ2v) is 5.16. The molecule has 8 nitrogen and oxygen atoms in total. The predicted octanol–water partition coefficient (Wildman–Crippen LogP) is -0.565. The summed E-state index contributed by atoms with van der Waals surface area (Å²) in [5, 5.41) is 8.20. The predicted molar refractivity (Wildman–Crippen MR) is 79.1 cm³/mol. The Kier molecular flexibility index (Phi) is 3.30. The maximum atomic E-state index is 12.2. The van der Waals surface area contributed by atoms with Gasteiger partial charge in [-0.15, -0.1) is 0 Å². The van der Waals surface area contributed by atoms with Crippen LogP contribution in [0.1, 0.15) is 10.4 Å². The van der Waals surface area contributed by atoms with Crippen molar-refractivity contribution in [2.24, 2.45) is 5.73 Å². The van der Waals surface area contributed by atoms with Crippen molar-refractivity contribution >= 4 is 28.7 Å². The molecule has 22 heavy (non-hydrogen) atoms. The summed E-state index contributed by atoms with van der Waals surface area (Å²) < 4.78 is 0. The summed E-state index contributed by atoms with van der Waals surface area (Å²) in [6.07, 6.45) is 1.79. The standard InChI is InChI=1S/C14H15N5O3/c15-6-14(12(21)18-13(22)19-14)7-17-11(20)9-2-1-8-3-4-16-10(8)5-9/h1-5,16H,6-7,15H2,(H,17,20)(H2,18,19,21,22). The number of imide groups is 1. The molecule has 2 aromatic rings. The molecule has 0 radical (unpaired) electrons. The second-order valence-electron chi connectivity index (χ2n) is 5.16. The lowest BCUT2D eigenvalue weighted by molar-refractivity contribution is -0.123. The molecule has 8 heteroatoms. The molecule has 2 heterocycles. The Morgan fingerprint density at radius 3 is 2.77 bits per heavy atom. The largest absolute Gasteiger partial charge is 0.361 e. The Balaban J connectivity index is 1.73. The average Bonchev–Trinajstić information content (AvgIpc) is 3.08. The first-order valence-electron chi connectivity index (χ1n) is 6.73. The number of carbonyl (C=O) groups excluding carboxylic acids is 3. The highest BCUT2D eigenvalue weighted by Gasteiger charge is 2.45. The zero-order valence-corrected chi connectivity index (χ0v) is 11.6. The van der Waals surface area contributed by atoms with Crippen molar-refractivity contribution in [1.82, 2.24) is 20.9 Å². The monoisotopic (exact) mass is 301 g/mol. The van der Waals surface area contributed by atoms with Gasteiger partial charge in [0.1, 0.15) is 0 Å². The van der Waals surface area contributed by atoms with Crippen LogP contribution >= 0.6 is 0 Å². The first-order chi connectivity index (χ1) is 10.5. The van der Waals surface area contributed by atoms with E-state index in [0.29, 0.717) is 5.56 Å². The zero-order chi connectivity index (χ0) is 15.7. The molecule has 1 unspecified atom stereocenters. The summed E-state index contributed by atoms with van der Waals surface area (Å²) in [6, 6.07) is 6.51. The molecule has 4 amide bonds. The molecule has 6 N–H and O–H groups in total. The van der Waals surface area contributed by atoms with Gasteiger partial charge in [-0.1, -0.05) is 6.07 Å². The molecule has 1 atom stereocenters. The normalized spacial score (nSPS) is 20.8. The van der Waals surface area contributed by atoms with Crippen LogP contribution in [0.4, 0.5) is 4.79 Å². The van der Waals surface area contributed by atoms with E-state index < -0.39 is 17.5 Å². The molecular weight excluding hydrogens is 286 g/mol. The average molecular weight is 301 g/mol. The topological polar surface area (TPSA) is 129 Å². The van der Waals surface area contributed by atoms with Crippen LogP contribution in [-0.2, 0) is 4.79 Å². The van der Waals surface area contributed by atoms with Gasteiger partial charge in [-0.05, 0) is 23.6 Å². The minimum Gasteiger partial charge on any atom is -0.361 e. The number of amides is 4. The third-order valence-electron chi connectivity index (χ3n) is 3.73. The maximum absolute atomic E-state index is 12.2. The third-order valence-corrected chi connectivity index (χ3v) is 3.73. The summed E-state index contributed by atoms with van der Waals surface area (Å²) >= 11 is 0. The first kappa shape index (κ1) is 14.1. The number of hydrogen-bond acceptors (Lipinski definition) is 4. The highest BCUT2D eigenvalue weighted by molar-refractivity contribution is 6.08. The quantitative estimate of drug-likeness (QED) is 0.484. The van der Waals surface area contributed by atoms with E-state index in [2.05, 4.69) is 20.9 Å². The van der Waals surface area contributed by atoms with Crippen LogP contribution in [0.3, 0.4) is 0 Å². The summed E-state index contributed by atoms with van der Waals surface area (Å²) in [7, 11) is 0. The summed E-state index contributed by atoms with van der Waals surface area (Å²) in [6.45, 7) is -0.191. The van der Waals surface area contributed by atoms with E-state index in [-0.39, 0.29) is 19.0 Å². The lowest BCUT2D eigenvalue weighted by Crippen LogP contribution is -2.59.